The van der Waals surface area contributed by atoms with Crippen LogP contribution < -0.4 is 10.2 Å². The zero-order valence-corrected chi connectivity index (χ0v) is 14.4. The van der Waals surface area contributed by atoms with Gasteiger partial charge in [0.15, 0.2) is 6.10 Å². The van der Waals surface area contributed by atoms with Crippen LogP contribution in [0.15, 0.2) is 24.3 Å². The van der Waals surface area contributed by atoms with Gasteiger partial charge in [-0.15, -0.1) is 0 Å². The molecule has 1 heterocycles. The first-order valence-electron chi connectivity index (χ1n) is 8.87. The fourth-order valence-electron chi connectivity index (χ4n) is 4.59. The number of nitrogens with zero attached hydrogens (tertiary/aromatic N) is 1. The van der Waals surface area contributed by atoms with Gasteiger partial charge in [0.25, 0.3) is 17.7 Å². The average molecular weight is 342 g/mol. The Kier molecular flexibility index (Phi) is 3.78. The third kappa shape index (κ3) is 2.60. The number of amides is 3. The van der Waals surface area contributed by atoms with Crippen LogP contribution in [0.2, 0.25) is 0 Å². The lowest BCUT2D eigenvalue weighted by molar-refractivity contribution is -0.151. The molecule has 1 aromatic rings. The number of aryl methyl sites for hydroxylation is 1. The molecule has 3 aliphatic rings. The number of rotatable bonds is 4. The number of carbonyl (C=O) groups excluding carboxylic acids is 3. The van der Waals surface area contributed by atoms with Crippen molar-refractivity contribution in [2.75, 3.05) is 0 Å². The summed E-state index contributed by atoms with van der Waals surface area (Å²) in [5, 5.41) is 0.942. The number of benzene rings is 1. The lowest BCUT2D eigenvalue weighted by Crippen LogP contribution is -2.51. The van der Waals surface area contributed by atoms with E-state index in [1.807, 2.05) is 19.1 Å². The molecule has 2 aliphatic carbocycles. The van der Waals surface area contributed by atoms with Crippen molar-refractivity contribution < 1.29 is 19.1 Å². The SMILES string of the molecule is Cc1ccc(O[C@H](C)C(=O)NN2C(=O)[C@@H]3[C@H]4CC[C@@H](C4)[C@@H]3C2=O)cc1. The van der Waals surface area contributed by atoms with Crippen molar-refractivity contribution in [2.45, 2.75) is 39.2 Å². The van der Waals surface area contributed by atoms with Gasteiger partial charge >= 0.3 is 0 Å². The number of carbonyl (C=O) groups is 3. The number of ether oxygens (including phenoxy) is 1. The monoisotopic (exact) mass is 342 g/mol. The zero-order chi connectivity index (χ0) is 17.7. The van der Waals surface area contributed by atoms with Crippen molar-refractivity contribution in [3.8, 4) is 5.75 Å². The van der Waals surface area contributed by atoms with E-state index in [-0.39, 0.29) is 23.7 Å². The second-order valence-electron chi connectivity index (χ2n) is 7.45. The van der Waals surface area contributed by atoms with Gasteiger partial charge in [-0.3, -0.25) is 19.8 Å². The lowest BCUT2D eigenvalue weighted by Gasteiger charge is -2.21. The highest BCUT2D eigenvalue weighted by Crippen LogP contribution is 2.55. The van der Waals surface area contributed by atoms with Crippen LogP contribution >= 0.6 is 0 Å². The summed E-state index contributed by atoms with van der Waals surface area (Å²) in [5.41, 5.74) is 3.57. The third-order valence-electron chi connectivity index (χ3n) is 5.85. The van der Waals surface area contributed by atoms with Crippen LogP contribution in [-0.2, 0) is 14.4 Å². The first kappa shape index (κ1) is 16.1. The van der Waals surface area contributed by atoms with Gasteiger partial charge in [0.1, 0.15) is 5.75 Å². The number of fused-ring (bicyclic) bond motifs is 5. The molecule has 1 aromatic carbocycles. The second kappa shape index (κ2) is 5.86. The molecule has 2 saturated carbocycles. The lowest BCUT2D eigenvalue weighted by atomic mass is 9.81. The summed E-state index contributed by atoms with van der Waals surface area (Å²) in [5.74, 6) is -0.295. The summed E-state index contributed by atoms with van der Waals surface area (Å²) < 4.78 is 5.60. The topological polar surface area (TPSA) is 75.7 Å². The minimum Gasteiger partial charge on any atom is -0.481 e. The van der Waals surface area contributed by atoms with Crippen molar-refractivity contribution in [2.24, 2.45) is 23.7 Å². The molecular formula is C19H22N2O4. The van der Waals surface area contributed by atoms with Gasteiger partial charge in [0, 0.05) is 0 Å². The van der Waals surface area contributed by atoms with Gasteiger partial charge in [-0.05, 0) is 57.1 Å². The molecule has 3 fully saturated rings. The Morgan fingerprint density at radius 1 is 1.12 bits per heavy atom. The Morgan fingerprint density at radius 2 is 1.68 bits per heavy atom. The first-order valence-corrected chi connectivity index (χ1v) is 8.87. The molecule has 6 nitrogen and oxygen atoms in total. The van der Waals surface area contributed by atoms with Crippen LogP contribution in [0.1, 0.15) is 31.7 Å². The van der Waals surface area contributed by atoms with Crippen molar-refractivity contribution >= 4 is 17.7 Å². The molecule has 1 aliphatic heterocycles. The molecule has 0 unspecified atom stereocenters. The van der Waals surface area contributed by atoms with Crippen LogP contribution in [0.25, 0.3) is 0 Å². The fourth-order valence-corrected chi connectivity index (χ4v) is 4.59. The molecule has 2 bridgehead atoms. The molecule has 1 N–H and O–H groups in total. The average Bonchev–Trinajstić information content (AvgIpc) is 3.26. The zero-order valence-electron chi connectivity index (χ0n) is 14.4. The van der Waals surface area contributed by atoms with Gasteiger partial charge in [-0.2, -0.15) is 5.01 Å². The highest BCUT2D eigenvalue weighted by molar-refractivity contribution is 6.07. The molecule has 25 heavy (non-hydrogen) atoms. The van der Waals surface area contributed by atoms with Crippen LogP contribution in [0.4, 0.5) is 0 Å². The highest BCUT2D eigenvalue weighted by atomic mass is 16.5. The summed E-state index contributed by atoms with van der Waals surface area (Å²) >= 11 is 0. The minimum absolute atomic E-state index is 0.236. The Labute approximate surface area is 146 Å². The molecule has 5 atom stereocenters. The molecule has 4 rings (SSSR count). The van der Waals surface area contributed by atoms with Crippen LogP contribution in [0.3, 0.4) is 0 Å². The predicted molar refractivity (Wildman–Crippen MR) is 89.1 cm³/mol. The van der Waals surface area contributed by atoms with Crippen molar-refractivity contribution in [3.63, 3.8) is 0 Å². The summed E-state index contributed by atoms with van der Waals surface area (Å²) in [6.45, 7) is 3.57. The number of nitrogens with one attached hydrogen (secondary N) is 1. The van der Waals surface area contributed by atoms with Crippen LogP contribution in [0, 0.1) is 30.6 Å². The van der Waals surface area contributed by atoms with Crippen molar-refractivity contribution in [3.05, 3.63) is 29.8 Å². The number of hydrogen-bond acceptors (Lipinski definition) is 4. The maximum Gasteiger partial charge on any atom is 0.279 e. The quantitative estimate of drug-likeness (QED) is 0.847. The van der Waals surface area contributed by atoms with Gasteiger partial charge in [0.2, 0.25) is 0 Å². The maximum atomic E-state index is 12.6. The molecule has 1 saturated heterocycles. The standard InChI is InChI=1S/C19H22N2O4/c1-10-3-7-14(8-4-10)25-11(2)17(22)20-21-18(23)15-12-5-6-13(9-12)16(15)19(21)24/h3-4,7-8,11-13,15-16H,5-6,9H2,1-2H3,(H,20,22)/t11-,12+,13+,15-,16+/m1/s1. The molecular weight excluding hydrogens is 320 g/mol. The van der Waals surface area contributed by atoms with E-state index in [1.165, 1.54) is 0 Å². The van der Waals surface area contributed by atoms with Gasteiger partial charge in [-0.25, -0.2) is 0 Å². The van der Waals surface area contributed by atoms with E-state index < -0.39 is 12.0 Å². The number of hydrogen-bond donors (Lipinski definition) is 1. The first-order chi connectivity index (χ1) is 12.0. The van der Waals surface area contributed by atoms with Crippen LogP contribution in [0.5, 0.6) is 5.75 Å². The normalized spacial score (nSPS) is 31.2. The Morgan fingerprint density at radius 3 is 2.24 bits per heavy atom. The Bertz CT molecular complexity index is 701. The number of hydrazine groups is 1. The van der Waals surface area contributed by atoms with Gasteiger partial charge in [0.05, 0.1) is 11.8 Å². The van der Waals surface area contributed by atoms with E-state index in [0.717, 1.165) is 29.8 Å². The van der Waals surface area contributed by atoms with E-state index in [4.69, 9.17) is 4.74 Å². The summed E-state index contributed by atoms with van der Waals surface area (Å²) in [7, 11) is 0. The van der Waals surface area contributed by atoms with Crippen molar-refractivity contribution in [1.29, 1.82) is 0 Å². The largest absolute Gasteiger partial charge is 0.481 e. The van der Waals surface area contributed by atoms with Crippen LogP contribution in [-0.4, -0.2) is 28.8 Å². The molecule has 0 aromatic heterocycles. The smallest absolute Gasteiger partial charge is 0.279 e. The Hall–Kier alpha value is -2.37. The highest BCUT2D eigenvalue weighted by Gasteiger charge is 2.61. The molecule has 132 valence electrons. The fraction of sp³-hybridized carbons (Fsp3) is 0.526. The molecule has 3 amide bonds. The van der Waals surface area contributed by atoms with Gasteiger partial charge < -0.3 is 4.74 Å². The summed E-state index contributed by atoms with van der Waals surface area (Å²) in [6.07, 6.45) is 2.20. The van der Waals surface area contributed by atoms with Crippen molar-refractivity contribution in [1.82, 2.24) is 10.4 Å². The molecule has 0 radical (unpaired) electrons. The number of imide groups is 1. The summed E-state index contributed by atoms with van der Waals surface area (Å²) in [4.78, 5) is 37.6. The minimum atomic E-state index is -0.805. The molecule has 0 spiro atoms. The Balaban J connectivity index is 1.41. The van der Waals surface area contributed by atoms with E-state index in [2.05, 4.69) is 5.43 Å². The van der Waals surface area contributed by atoms with E-state index in [9.17, 15) is 14.4 Å². The van der Waals surface area contributed by atoms with E-state index >= 15 is 0 Å². The van der Waals surface area contributed by atoms with E-state index in [1.54, 1.807) is 19.1 Å². The summed E-state index contributed by atoms with van der Waals surface area (Å²) in [6, 6.07) is 7.36. The van der Waals surface area contributed by atoms with Gasteiger partial charge in [-0.1, -0.05) is 17.7 Å². The van der Waals surface area contributed by atoms with E-state index in [0.29, 0.717) is 17.6 Å². The third-order valence-corrected chi connectivity index (χ3v) is 5.85. The molecule has 6 heteroatoms. The predicted octanol–water partition coefficient (Wildman–Crippen LogP) is 1.82. The second-order valence-corrected chi connectivity index (χ2v) is 7.45. The maximum absolute atomic E-state index is 12.6.